The van der Waals surface area contributed by atoms with E-state index in [9.17, 15) is 4.79 Å². The van der Waals surface area contributed by atoms with Crippen LogP contribution >= 0.6 is 0 Å². The van der Waals surface area contributed by atoms with Crippen molar-refractivity contribution in [1.82, 2.24) is 20.5 Å². The zero-order valence-corrected chi connectivity index (χ0v) is 9.94. The summed E-state index contributed by atoms with van der Waals surface area (Å²) in [6.07, 6.45) is 6.51. The smallest absolute Gasteiger partial charge is 0.272 e. The van der Waals surface area contributed by atoms with E-state index in [2.05, 4.69) is 20.5 Å². The van der Waals surface area contributed by atoms with E-state index in [1.54, 1.807) is 12.4 Å². The number of nitrogens with zero attached hydrogens (tertiary/aromatic N) is 2. The van der Waals surface area contributed by atoms with Crippen molar-refractivity contribution < 1.29 is 4.79 Å². The van der Waals surface area contributed by atoms with Crippen LogP contribution in [-0.4, -0.2) is 21.1 Å². The van der Waals surface area contributed by atoms with Gasteiger partial charge in [-0.3, -0.25) is 14.9 Å². The second kappa shape index (κ2) is 4.60. The zero-order valence-electron chi connectivity index (χ0n) is 9.94. The van der Waals surface area contributed by atoms with E-state index in [1.165, 1.54) is 0 Å². The molecule has 0 spiro atoms. The highest BCUT2D eigenvalue weighted by atomic mass is 16.1. The van der Waals surface area contributed by atoms with Crippen molar-refractivity contribution in [3.8, 4) is 0 Å². The highest BCUT2D eigenvalue weighted by Gasteiger charge is 2.22. The molecule has 5 heteroatoms. The van der Waals surface area contributed by atoms with Gasteiger partial charge in [-0.1, -0.05) is 6.07 Å². The minimum Gasteiger partial charge on any atom is -0.346 e. The standard InChI is InChI=1S/C13H14N4O/c18-13(15-8-9-3-2-6-14-7-9)12-10-4-1-5-11(10)16-17-12/h2-3,6-7H,1,4-5,8H2,(H,15,18)(H,16,17). The summed E-state index contributed by atoms with van der Waals surface area (Å²) in [7, 11) is 0. The van der Waals surface area contributed by atoms with Gasteiger partial charge in [-0.25, -0.2) is 0 Å². The maximum atomic E-state index is 12.0. The Kier molecular flexibility index (Phi) is 2.80. The number of nitrogens with one attached hydrogen (secondary N) is 2. The Morgan fingerprint density at radius 1 is 1.44 bits per heavy atom. The molecule has 92 valence electrons. The van der Waals surface area contributed by atoms with E-state index >= 15 is 0 Å². The molecule has 1 amide bonds. The maximum absolute atomic E-state index is 12.0. The molecule has 0 aliphatic heterocycles. The Hall–Kier alpha value is -2.17. The molecule has 0 aromatic carbocycles. The molecular weight excluding hydrogens is 228 g/mol. The molecular formula is C13H14N4O. The third-order valence-corrected chi connectivity index (χ3v) is 3.20. The van der Waals surface area contributed by atoms with Crippen molar-refractivity contribution in [2.24, 2.45) is 0 Å². The number of pyridine rings is 1. The molecule has 3 rings (SSSR count). The van der Waals surface area contributed by atoms with Crippen LogP contribution in [0, 0.1) is 0 Å². The first-order valence-corrected chi connectivity index (χ1v) is 6.08. The van der Waals surface area contributed by atoms with Crippen LogP contribution in [-0.2, 0) is 19.4 Å². The molecule has 0 saturated carbocycles. The summed E-state index contributed by atoms with van der Waals surface area (Å²) < 4.78 is 0. The average Bonchev–Trinajstić information content (AvgIpc) is 2.99. The van der Waals surface area contributed by atoms with Crippen molar-refractivity contribution in [2.75, 3.05) is 0 Å². The van der Waals surface area contributed by atoms with Crippen molar-refractivity contribution in [2.45, 2.75) is 25.8 Å². The Morgan fingerprint density at radius 3 is 3.22 bits per heavy atom. The first-order chi connectivity index (χ1) is 8.84. The monoisotopic (exact) mass is 242 g/mol. The number of aromatic nitrogens is 3. The largest absolute Gasteiger partial charge is 0.346 e. The number of hydrogen-bond acceptors (Lipinski definition) is 3. The molecule has 0 atom stereocenters. The zero-order chi connectivity index (χ0) is 12.4. The summed E-state index contributed by atoms with van der Waals surface area (Å²) >= 11 is 0. The van der Waals surface area contributed by atoms with Crippen LogP contribution in [0.2, 0.25) is 0 Å². The van der Waals surface area contributed by atoms with E-state index in [4.69, 9.17) is 0 Å². The molecule has 2 aromatic heterocycles. The topological polar surface area (TPSA) is 70.7 Å². The van der Waals surface area contributed by atoms with Crippen LogP contribution < -0.4 is 5.32 Å². The van der Waals surface area contributed by atoms with Gasteiger partial charge < -0.3 is 5.32 Å². The molecule has 2 heterocycles. The Balaban J connectivity index is 1.68. The number of H-pyrrole nitrogens is 1. The number of aryl methyl sites for hydroxylation is 1. The third kappa shape index (κ3) is 1.99. The molecule has 0 bridgehead atoms. The molecule has 0 unspecified atom stereocenters. The summed E-state index contributed by atoms with van der Waals surface area (Å²) in [5.74, 6) is -0.113. The Labute approximate surface area is 105 Å². The first-order valence-electron chi connectivity index (χ1n) is 6.08. The predicted octanol–water partition coefficient (Wildman–Crippen LogP) is 1.22. The van der Waals surface area contributed by atoms with Gasteiger partial charge in [0.25, 0.3) is 5.91 Å². The summed E-state index contributed by atoms with van der Waals surface area (Å²) in [4.78, 5) is 16.0. The molecule has 0 radical (unpaired) electrons. The summed E-state index contributed by atoms with van der Waals surface area (Å²) in [5, 5.41) is 9.91. The van der Waals surface area contributed by atoms with Crippen LogP contribution in [0.3, 0.4) is 0 Å². The van der Waals surface area contributed by atoms with Gasteiger partial charge in [-0.2, -0.15) is 5.10 Å². The van der Waals surface area contributed by atoms with E-state index in [0.717, 1.165) is 36.1 Å². The molecule has 18 heavy (non-hydrogen) atoms. The van der Waals surface area contributed by atoms with E-state index in [-0.39, 0.29) is 5.91 Å². The van der Waals surface area contributed by atoms with Crippen LogP contribution in [0.25, 0.3) is 0 Å². The molecule has 2 aromatic rings. The van der Waals surface area contributed by atoms with E-state index in [1.807, 2.05) is 12.1 Å². The number of carbonyl (C=O) groups excluding carboxylic acids is 1. The third-order valence-electron chi connectivity index (χ3n) is 3.20. The van der Waals surface area contributed by atoms with Crippen molar-refractivity contribution in [1.29, 1.82) is 0 Å². The number of fused-ring (bicyclic) bond motifs is 1. The molecule has 1 aliphatic rings. The van der Waals surface area contributed by atoms with Crippen LogP contribution in [0.1, 0.15) is 33.7 Å². The Morgan fingerprint density at radius 2 is 2.39 bits per heavy atom. The second-order valence-electron chi connectivity index (χ2n) is 4.43. The second-order valence-corrected chi connectivity index (χ2v) is 4.43. The van der Waals surface area contributed by atoms with Gasteiger partial charge in [0.15, 0.2) is 5.69 Å². The number of carbonyl (C=O) groups is 1. The van der Waals surface area contributed by atoms with Crippen LogP contribution in [0.4, 0.5) is 0 Å². The first kappa shape index (κ1) is 11.0. The fourth-order valence-electron chi connectivity index (χ4n) is 2.28. The summed E-state index contributed by atoms with van der Waals surface area (Å²) in [5.41, 5.74) is 3.73. The van der Waals surface area contributed by atoms with Gasteiger partial charge in [0.2, 0.25) is 0 Å². The number of rotatable bonds is 3. The lowest BCUT2D eigenvalue weighted by molar-refractivity contribution is 0.0945. The fraction of sp³-hybridized carbons (Fsp3) is 0.308. The number of aromatic amines is 1. The average molecular weight is 242 g/mol. The lowest BCUT2D eigenvalue weighted by Crippen LogP contribution is -2.24. The fourth-order valence-corrected chi connectivity index (χ4v) is 2.28. The highest BCUT2D eigenvalue weighted by Crippen LogP contribution is 2.22. The van der Waals surface area contributed by atoms with Gasteiger partial charge in [-0.15, -0.1) is 0 Å². The minimum atomic E-state index is -0.113. The van der Waals surface area contributed by atoms with Crippen molar-refractivity contribution in [3.63, 3.8) is 0 Å². The highest BCUT2D eigenvalue weighted by molar-refractivity contribution is 5.94. The van der Waals surface area contributed by atoms with Gasteiger partial charge in [0, 0.05) is 30.2 Å². The van der Waals surface area contributed by atoms with Crippen LogP contribution in [0.15, 0.2) is 24.5 Å². The van der Waals surface area contributed by atoms with Gasteiger partial charge in [0.1, 0.15) is 0 Å². The number of amides is 1. The molecule has 5 nitrogen and oxygen atoms in total. The lowest BCUT2D eigenvalue weighted by Gasteiger charge is -2.03. The SMILES string of the molecule is O=C(NCc1cccnc1)c1n[nH]c2c1CCC2. The predicted molar refractivity (Wildman–Crippen MR) is 66.0 cm³/mol. The van der Waals surface area contributed by atoms with Crippen LogP contribution in [0.5, 0.6) is 0 Å². The quantitative estimate of drug-likeness (QED) is 0.850. The summed E-state index contributed by atoms with van der Waals surface area (Å²) in [6.45, 7) is 0.480. The van der Waals surface area contributed by atoms with E-state index < -0.39 is 0 Å². The van der Waals surface area contributed by atoms with Crippen molar-refractivity contribution >= 4 is 5.91 Å². The molecule has 2 N–H and O–H groups in total. The van der Waals surface area contributed by atoms with Gasteiger partial charge in [0.05, 0.1) is 0 Å². The number of hydrogen-bond donors (Lipinski definition) is 2. The lowest BCUT2D eigenvalue weighted by atomic mass is 10.2. The Bertz CT molecular complexity index is 562. The normalized spacial score (nSPS) is 13.3. The van der Waals surface area contributed by atoms with E-state index in [0.29, 0.717) is 12.2 Å². The summed E-state index contributed by atoms with van der Waals surface area (Å²) in [6, 6.07) is 3.79. The van der Waals surface area contributed by atoms with Gasteiger partial charge in [-0.05, 0) is 30.9 Å². The van der Waals surface area contributed by atoms with Crippen molar-refractivity contribution in [3.05, 3.63) is 47.0 Å². The molecule has 1 aliphatic carbocycles. The molecule has 0 saturated heterocycles. The van der Waals surface area contributed by atoms with Gasteiger partial charge >= 0.3 is 0 Å². The minimum absolute atomic E-state index is 0.113. The maximum Gasteiger partial charge on any atom is 0.272 e. The molecule has 0 fully saturated rings.